The van der Waals surface area contributed by atoms with E-state index in [0.717, 1.165) is 0 Å². The molecule has 0 spiro atoms. The number of nitrogens with zero attached hydrogens (tertiary/aromatic N) is 1. The van der Waals surface area contributed by atoms with Crippen LogP contribution in [0.3, 0.4) is 0 Å². The summed E-state index contributed by atoms with van der Waals surface area (Å²) in [6.07, 6.45) is 0. The van der Waals surface area contributed by atoms with Crippen molar-refractivity contribution in [2.45, 2.75) is 0 Å². The molecule has 6 heteroatoms. The Morgan fingerprint density at radius 1 is 1.50 bits per heavy atom. The lowest BCUT2D eigenvalue weighted by molar-refractivity contribution is 0.542. The highest BCUT2D eigenvalue weighted by atomic mass is 32.2. The van der Waals surface area contributed by atoms with Crippen molar-refractivity contribution in [3.05, 3.63) is 24.3 Å². The summed E-state index contributed by atoms with van der Waals surface area (Å²) < 4.78 is 22.6. The summed E-state index contributed by atoms with van der Waals surface area (Å²) >= 11 is -2.37. The number of rotatable bonds is 3. The molecule has 0 bridgehead atoms. The predicted molar refractivity (Wildman–Crippen MR) is 43.8 cm³/mol. The van der Waals surface area contributed by atoms with Crippen molar-refractivity contribution >= 4 is 22.6 Å². The molecule has 64 valence electrons. The maximum atomic E-state index is 10.2. The van der Waals surface area contributed by atoms with Gasteiger partial charge in [0, 0.05) is 11.3 Å². The molecule has 0 aliphatic carbocycles. The zero-order valence-electron chi connectivity index (χ0n) is 5.98. The van der Waals surface area contributed by atoms with E-state index >= 15 is 0 Å². The van der Waals surface area contributed by atoms with E-state index in [4.69, 9.17) is 5.53 Å². The Balaban J connectivity index is 2.96. The Bertz CT molecular complexity index is 315. The summed E-state index contributed by atoms with van der Waals surface area (Å²) in [5, 5.41) is 3.14. The molecule has 0 aliphatic rings. The van der Waals surface area contributed by atoms with Crippen molar-refractivity contribution in [1.82, 2.24) is 0 Å². The summed E-state index contributed by atoms with van der Waals surface area (Å²) in [6.45, 7) is 0. The van der Waals surface area contributed by atoms with Crippen LogP contribution in [0.5, 0.6) is 0 Å². The van der Waals surface area contributed by atoms with Gasteiger partial charge < -0.3 is 9.27 Å². The van der Waals surface area contributed by atoms with E-state index < -0.39 is 11.3 Å². The van der Waals surface area contributed by atoms with Crippen LogP contribution in [0.1, 0.15) is 0 Å². The van der Waals surface area contributed by atoms with Crippen molar-refractivity contribution in [2.75, 3.05) is 4.72 Å². The SMILES string of the molecule is N=Nc1ccccc1NS(=O)[O-]. The molecule has 0 aliphatic heterocycles. The largest absolute Gasteiger partial charge is 0.755 e. The van der Waals surface area contributed by atoms with Crippen LogP contribution in [0.4, 0.5) is 11.4 Å². The Labute approximate surface area is 71.7 Å². The van der Waals surface area contributed by atoms with Gasteiger partial charge in [-0.25, -0.2) is 5.53 Å². The quantitative estimate of drug-likeness (QED) is 0.551. The lowest BCUT2D eigenvalue weighted by atomic mass is 10.3. The summed E-state index contributed by atoms with van der Waals surface area (Å²) in [5.41, 5.74) is 7.31. The molecule has 12 heavy (non-hydrogen) atoms. The van der Waals surface area contributed by atoms with Crippen LogP contribution >= 0.6 is 0 Å². The number of hydrogen-bond donors (Lipinski definition) is 2. The van der Waals surface area contributed by atoms with Crippen molar-refractivity contribution in [1.29, 1.82) is 5.53 Å². The van der Waals surface area contributed by atoms with Crippen LogP contribution in [0.2, 0.25) is 0 Å². The van der Waals surface area contributed by atoms with E-state index in [2.05, 4.69) is 9.84 Å². The van der Waals surface area contributed by atoms with E-state index in [1.54, 1.807) is 18.2 Å². The van der Waals surface area contributed by atoms with Gasteiger partial charge in [-0.2, -0.15) is 5.11 Å². The van der Waals surface area contributed by atoms with Crippen LogP contribution in [-0.2, 0) is 11.3 Å². The zero-order valence-corrected chi connectivity index (χ0v) is 6.80. The number of para-hydroxylation sites is 2. The Morgan fingerprint density at radius 2 is 2.17 bits per heavy atom. The molecule has 0 heterocycles. The third kappa shape index (κ3) is 2.11. The minimum Gasteiger partial charge on any atom is -0.755 e. The first-order chi connectivity index (χ1) is 5.74. The number of benzene rings is 1. The lowest BCUT2D eigenvalue weighted by Crippen LogP contribution is -2.01. The summed E-state index contributed by atoms with van der Waals surface area (Å²) in [5.74, 6) is 0. The number of hydrogen-bond acceptors (Lipinski definition) is 4. The molecular weight excluding hydrogens is 178 g/mol. The minimum absolute atomic E-state index is 0.293. The molecule has 0 saturated carbocycles. The van der Waals surface area contributed by atoms with Crippen molar-refractivity contribution in [3.63, 3.8) is 0 Å². The molecule has 1 aromatic carbocycles. The maximum Gasteiger partial charge on any atom is 0.109 e. The highest BCUT2D eigenvalue weighted by Gasteiger charge is 1.97. The molecule has 0 amide bonds. The average Bonchev–Trinajstić information content (AvgIpc) is 2.04. The number of nitrogens with one attached hydrogen (secondary N) is 2. The van der Waals surface area contributed by atoms with Gasteiger partial charge in [-0.3, -0.25) is 4.21 Å². The summed E-state index contributed by atoms with van der Waals surface area (Å²) in [4.78, 5) is 0. The number of anilines is 1. The van der Waals surface area contributed by atoms with Crippen LogP contribution in [-0.4, -0.2) is 8.76 Å². The monoisotopic (exact) mass is 184 g/mol. The molecule has 0 aromatic heterocycles. The van der Waals surface area contributed by atoms with Gasteiger partial charge in [0.05, 0.1) is 5.69 Å². The van der Waals surface area contributed by atoms with E-state index in [1.165, 1.54) is 6.07 Å². The van der Waals surface area contributed by atoms with Gasteiger partial charge in [-0.1, -0.05) is 12.1 Å². The fourth-order valence-corrected chi connectivity index (χ4v) is 1.10. The molecule has 5 nitrogen and oxygen atoms in total. The summed E-state index contributed by atoms with van der Waals surface area (Å²) in [6, 6.07) is 6.40. The first kappa shape index (κ1) is 8.82. The van der Waals surface area contributed by atoms with Crippen LogP contribution in [0.25, 0.3) is 0 Å². The highest BCUT2D eigenvalue weighted by molar-refractivity contribution is 7.80. The van der Waals surface area contributed by atoms with Crippen molar-refractivity contribution < 1.29 is 8.76 Å². The minimum atomic E-state index is -2.37. The summed E-state index contributed by atoms with van der Waals surface area (Å²) in [7, 11) is 0. The standard InChI is InChI=1S/C6H7N3O2S/c7-8-5-3-1-2-4-6(5)9-12(10)11/h1-4,7,9H,(H,10,11)/p-1. The molecule has 2 N–H and O–H groups in total. The van der Waals surface area contributed by atoms with E-state index in [1.807, 2.05) is 0 Å². The molecule has 1 aromatic rings. The first-order valence-corrected chi connectivity index (χ1v) is 4.14. The normalized spacial score (nSPS) is 12.1. The van der Waals surface area contributed by atoms with Gasteiger partial charge >= 0.3 is 0 Å². The fourth-order valence-electron chi connectivity index (χ4n) is 0.747. The lowest BCUT2D eigenvalue weighted by Gasteiger charge is -2.09. The highest BCUT2D eigenvalue weighted by Crippen LogP contribution is 2.23. The van der Waals surface area contributed by atoms with E-state index in [0.29, 0.717) is 11.4 Å². The predicted octanol–water partition coefficient (Wildman–Crippen LogP) is 1.56. The third-order valence-electron chi connectivity index (χ3n) is 1.22. The second kappa shape index (κ2) is 3.93. The Hall–Kier alpha value is -1.27. The van der Waals surface area contributed by atoms with Gasteiger partial charge in [0.25, 0.3) is 0 Å². The average molecular weight is 184 g/mol. The van der Waals surface area contributed by atoms with Crippen LogP contribution < -0.4 is 4.72 Å². The zero-order chi connectivity index (χ0) is 8.97. The molecule has 0 radical (unpaired) electrons. The molecule has 1 unspecified atom stereocenters. The Kier molecular flexibility index (Phi) is 2.89. The third-order valence-corrected chi connectivity index (χ3v) is 1.60. The van der Waals surface area contributed by atoms with Crippen LogP contribution in [0, 0.1) is 5.53 Å². The smallest absolute Gasteiger partial charge is 0.109 e. The molecule has 0 saturated heterocycles. The van der Waals surface area contributed by atoms with E-state index in [-0.39, 0.29) is 0 Å². The molecular formula is C6H6N3O2S-. The van der Waals surface area contributed by atoms with Crippen molar-refractivity contribution in [2.24, 2.45) is 5.11 Å². The second-order valence-electron chi connectivity index (χ2n) is 1.97. The van der Waals surface area contributed by atoms with Crippen molar-refractivity contribution in [3.8, 4) is 0 Å². The molecule has 1 atom stereocenters. The van der Waals surface area contributed by atoms with Gasteiger partial charge in [0.2, 0.25) is 0 Å². The second-order valence-corrected chi connectivity index (χ2v) is 2.64. The topological polar surface area (TPSA) is 88.4 Å². The Morgan fingerprint density at radius 3 is 2.75 bits per heavy atom. The van der Waals surface area contributed by atoms with Gasteiger partial charge in [0.15, 0.2) is 0 Å². The van der Waals surface area contributed by atoms with Crippen LogP contribution in [0.15, 0.2) is 29.4 Å². The fraction of sp³-hybridized carbons (Fsp3) is 0. The first-order valence-electron chi connectivity index (χ1n) is 3.06. The van der Waals surface area contributed by atoms with Gasteiger partial charge in [-0.05, 0) is 12.1 Å². The molecule has 1 rings (SSSR count). The molecule has 0 fully saturated rings. The van der Waals surface area contributed by atoms with Gasteiger partial charge in [0.1, 0.15) is 5.69 Å². The maximum absolute atomic E-state index is 10.2. The van der Waals surface area contributed by atoms with Gasteiger partial charge in [-0.15, -0.1) is 0 Å². The van der Waals surface area contributed by atoms with E-state index in [9.17, 15) is 8.76 Å².